The van der Waals surface area contributed by atoms with Gasteiger partial charge in [-0.1, -0.05) is 41.5 Å². The van der Waals surface area contributed by atoms with Gasteiger partial charge in [0, 0.05) is 38.3 Å². The van der Waals surface area contributed by atoms with Gasteiger partial charge in [0.05, 0.1) is 22.4 Å². The highest BCUT2D eigenvalue weighted by molar-refractivity contribution is 7.17. The first-order chi connectivity index (χ1) is 18.0. The van der Waals surface area contributed by atoms with Crippen molar-refractivity contribution >= 4 is 57.2 Å². The Morgan fingerprint density at radius 2 is 2.03 bits per heavy atom. The number of aromatic carboxylic acids is 1. The molecule has 4 rings (SSSR count). The second kappa shape index (κ2) is 12.0. The highest BCUT2D eigenvalue weighted by Gasteiger charge is 2.32. The maximum atomic E-state index is 12.9. The molecule has 1 saturated heterocycles. The molecule has 13 heteroatoms. The average Bonchev–Trinajstić information content (AvgIpc) is 3.43. The number of carbonyl (C=O) groups excluding carboxylic acids is 1. The van der Waals surface area contributed by atoms with Gasteiger partial charge in [0.15, 0.2) is 10.9 Å². The first kappa shape index (κ1) is 28.3. The highest BCUT2D eigenvalue weighted by atomic mass is 35.5. The molecule has 0 unspecified atom stereocenters. The van der Waals surface area contributed by atoms with Crippen LogP contribution in [0.4, 0.5) is 10.9 Å². The summed E-state index contributed by atoms with van der Waals surface area (Å²) in [5.41, 5.74) is 1.76. The normalized spacial score (nSPS) is 17.7. The number of anilines is 2. The molecule has 0 spiro atoms. The number of rotatable bonds is 10. The summed E-state index contributed by atoms with van der Waals surface area (Å²) in [4.78, 5) is 45.6. The lowest BCUT2D eigenvalue weighted by Gasteiger charge is -2.36. The Labute approximate surface area is 235 Å². The summed E-state index contributed by atoms with van der Waals surface area (Å²) in [6.07, 6.45) is 4.26. The predicted molar refractivity (Wildman–Crippen MR) is 151 cm³/mol. The maximum absolute atomic E-state index is 12.9. The standard InChI is InChI=1S/C25H31Cl2N7O3S/c1-13-12-34(7-5-15(13)9-17(35)22-20(27)19(26)14(2)31-22)25-32-21(23(38-25)24(36)37)16-10-30-18(11-29-16)28-6-8-33(3)4/h10-11,13,15,31H,5-9,12H2,1-4H3,(H,28,30)(H,36,37)/t13-,15-/m0/s1. The quantitative estimate of drug-likeness (QED) is 0.286. The van der Waals surface area contributed by atoms with E-state index in [1.54, 1.807) is 19.3 Å². The van der Waals surface area contributed by atoms with E-state index in [1.165, 1.54) is 0 Å². The lowest BCUT2D eigenvalue weighted by atomic mass is 9.83. The number of carboxylic acids is 1. The van der Waals surface area contributed by atoms with E-state index in [0.717, 1.165) is 24.3 Å². The van der Waals surface area contributed by atoms with E-state index in [0.29, 0.717) is 64.8 Å². The lowest BCUT2D eigenvalue weighted by molar-refractivity contribution is 0.0702. The van der Waals surface area contributed by atoms with Crippen LogP contribution in [0, 0.1) is 18.8 Å². The van der Waals surface area contributed by atoms with Crippen molar-refractivity contribution in [3.63, 3.8) is 0 Å². The molecule has 3 aromatic heterocycles. The molecule has 3 N–H and O–H groups in total. The molecule has 0 saturated carbocycles. The molecule has 4 heterocycles. The van der Waals surface area contributed by atoms with Gasteiger partial charge in [-0.15, -0.1) is 0 Å². The van der Waals surface area contributed by atoms with Crippen LogP contribution in [-0.4, -0.2) is 82.0 Å². The number of aromatic nitrogens is 4. The Morgan fingerprint density at radius 1 is 1.26 bits per heavy atom. The van der Waals surface area contributed by atoms with E-state index in [9.17, 15) is 14.7 Å². The van der Waals surface area contributed by atoms with Crippen molar-refractivity contribution in [3.8, 4) is 11.4 Å². The van der Waals surface area contributed by atoms with Crippen LogP contribution < -0.4 is 10.2 Å². The molecule has 0 bridgehead atoms. The second-order valence-electron chi connectivity index (χ2n) is 9.85. The van der Waals surface area contributed by atoms with Crippen molar-refractivity contribution in [3.05, 3.63) is 38.7 Å². The minimum Gasteiger partial charge on any atom is -0.477 e. The smallest absolute Gasteiger partial charge is 0.348 e. The van der Waals surface area contributed by atoms with Crippen molar-refractivity contribution in [2.75, 3.05) is 50.5 Å². The summed E-state index contributed by atoms with van der Waals surface area (Å²) in [5.74, 6) is -0.145. The van der Waals surface area contributed by atoms with E-state index in [-0.39, 0.29) is 27.5 Å². The number of thiazole rings is 1. The number of nitrogens with one attached hydrogen (secondary N) is 2. The number of halogens is 2. The van der Waals surface area contributed by atoms with Crippen LogP contribution in [0.1, 0.15) is 45.6 Å². The zero-order valence-electron chi connectivity index (χ0n) is 21.7. The van der Waals surface area contributed by atoms with Crippen LogP contribution in [0.3, 0.4) is 0 Å². The number of Topliss-reactive ketones (excluding diaryl/α,β-unsaturated/α-hetero) is 1. The third-order valence-corrected chi connectivity index (χ3v) is 8.75. The van der Waals surface area contributed by atoms with Crippen molar-refractivity contribution in [2.45, 2.75) is 26.7 Å². The summed E-state index contributed by atoms with van der Waals surface area (Å²) < 4.78 is 0. The van der Waals surface area contributed by atoms with Gasteiger partial charge in [0.1, 0.15) is 27.8 Å². The molecule has 0 aliphatic carbocycles. The van der Waals surface area contributed by atoms with Crippen LogP contribution in [0.15, 0.2) is 12.4 Å². The van der Waals surface area contributed by atoms with Crippen LogP contribution in [-0.2, 0) is 0 Å². The van der Waals surface area contributed by atoms with Crippen LogP contribution >= 0.6 is 34.5 Å². The SMILES string of the molecule is Cc1[nH]c(C(=O)C[C@@H]2CCN(c3nc(-c4cnc(NCCN(C)C)cn4)c(C(=O)O)s3)C[C@@H]2C)c(Cl)c1Cl. The summed E-state index contributed by atoms with van der Waals surface area (Å²) >= 11 is 13.5. The number of piperidine rings is 1. The minimum atomic E-state index is -1.05. The lowest BCUT2D eigenvalue weighted by Crippen LogP contribution is -2.40. The molecule has 0 amide bonds. The fourth-order valence-corrected chi connectivity index (χ4v) is 5.87. The summed E-state index contributed by atoms with van der Waals surface area (Å²) in [6, 6.07) is 0. The first-order valence-electron chi connectivity index (χ1n) is 12.3. The molecular weight excluding hydrogens is 549 g/mol. The Kier molecular flexibility index (Phi) is 8.92. The number of nitrogens with zero attached hydrogens (tertiary/aromatic N) is 5. The van der Waals surface area contributed by atoms with Gasteiger partial charge in [-0.25, -0.2) is 19.7 Å². The molecular formula is C25H31Cl2N7O3S. The third kappa shape index (κ3) is 6.28. The number of aromatic amines is 1. The summed E-state index contributed by atoms with van der Waals surface area (Å²) in [5, 5.41) is 14.3. The van der Waals surface area contributed by atoms with Crippen molar-refractivity contribution in [2.24, 2.45) is 11.8 Å². The second-order valence-corrected chi connectivity index (χ2v) is 11.6. The van der Waals surface area contributed by atoms with Crippen LogP contribution in [0.25, 0.3) is 11.4 Å². The number of hydrogen-bond donors (Lipinski definition) is 3. The monoisotopic (exact) mass is 579 g/mol. The molecule has 1 aliphatic heterocycles. The van der Waals surface area contributed by atoms with E-state index in [2.05, 4.69) is 42.0 Å². The molecule has 10 nitrogen and oxygen atoms in total. The number of carboxylic acid groups (broad SMARTS) is 1. The maximum Gasteiger partial charge on any atom is 0.348 e. The molecule has 1 aliphatic rings. The molecule has 3 aromatic rings. The van der Waals surface area contributed by atoms with Gasteiger partial charge >= 0.3 is 5.97 Å². The number of ketones is 1. The molecule has 204 valence electrons. The van der Waals surface area contributed by atoms with Crippen LogP contribution in [0.5, 0.6) is 0 Å². The zero-order chi connectivity index (χ0) is 27.6. The van der Waals surface area contributed by atoms with Gasteiger partial charge in [0.25, 0.3) is 0 Å². The highest BCUT2D eigenvalue weighted by Crippen LogP contribution is 2.37. The largest absolute Gasteiger partial charge is 0.477 e. The summed E-state index contributed by atoms with van der Waals surface area (Å²) in [6.45, 7) is 6.75. The average molecular weight is 581 g/mol. The molecule has 1 fully saturated rings. The van der Waals surface area contributed by atoms with E-state index in [1.807, 2.05) is 14.1 Å². The Balaban J connectivity index is 1.44. The summed E-state index contributed by atoms with van der Waals surface area (Å²) in [7, 11) is 3.98. The van der Waals surface area contributed by atoms with Gasteiger partial charge in [-0.05, 0) is 39.3 Å². The number of H-pyrrole nitrogens is 1. The number of likely N-dealkylation sites (N-methyl/N-ethyl adjacent to an activating group) is 1. The first-order valence-corrected chi connectivity index (χ1v) is 13.9. The fraction of sp³-hybridized carbons (Fsp3) is 0.480. The number of aryl methyl sites for hydroxylation is 1. The van der Waals surface area contributed by atoms with Gasteiger partial charge in [-0.2, -0.15) is 0 Å². The Morgan fingerprint density at radius 3 is 2.61 bits per heavy atom. The molecule has 0 radical (unpaired) electrons. The fourth-order valence-electron chi connectivity index (χ4n) is 4.49. The molecule has 38 heavy (non-hydrogen) atoms. The van der Waals surface area contributed by atoms with E-state index >= 15 is 0 Å². The van der Waals surface area contributed by atoms with Crippen molar-refractivity contribution < 1.29 is 14.7 Å². The number of hydrogen-bond acceptors (Lipinski definition) is 9. The molecule has 2 atom stereocenters. The van der Waals surface area contributed by atoms with Crippen molar-refractivity contribution in [1.82, 2.24) is 24.8 Å². The Hall–Kier alpha value is -2.73. The Bertz CT molecular complexity index is 1310. The predicted octanol–water partition coefficient (Wildman–Crippen LogP) is 4.95. The van der Waals surface area contributed by atoms with E-state index in [4.69, 9.17) is 23.2 Å². The molecule has 0 aromatic carbocycles. The van der Waals surface area contributed by atoms with Crippen LogP contribution in [0.2, 0.25) is 10.0 Å². The zero-order valence-corrected chi connectivity index (χ0v) is 24.0. The van der Waals surface area contributed by atoms with Crippen molar-refractivity contribution in [1.29, 1.82) is 0 Å². The van der Waals surface area contributed by atoms with Gasteiger partial charge in [-0.3, -0.25) is 4.79 Å². The van der Waals surface area contributed by atoms with Gasteiger partial charge in [0.2, 0.25) is 0 Å². The topological polar surface area (TPSA) is 127 Å². The number of carbonyl (C=O) groups is 2. The van der Waals surface area contributed by atoms with E-state index < -0.39 is 5.97 Å². The third-order valence-electron chi connectivity index (χ3n) is 6.70. The van der Waals surface area contributed by atoms with Gasteiger partial charge < -0.3 is 25.2 Å². The minimum absolute atomic E-state index is 0.0572.